The van der Waals surface area contributed by atoms with Crippen molar-refractivity contribution < 1.29 is 4.79 Å². The van der Waals surface area contributed by atoms with Crippen LogP contribution in [0.4, 0.5) is 5.13 Å². The van der Waals surface area contributed by atoms with Crippen LogP contribution in [0.25, 0.3) is 11.3 Å². The van der Waals surface area contributed by atoms with Gasteiger partial charge < -0.3 is 11.1 Å². The molecule has 1 aromatic carbocycles. The van der Waals surface area contributed by atoms with Crippen LogP contribution in [0.5, 0.6) is 0 Å². The van der Waals surface area contributed by atoms with E-state index < -0.39 is 0 Å². The minimum Gasteiger partial charge on any atom is -0.327 e. The molecule has 1 aromatic heterocycles. The molecule has 1 atom stereocenters. The van der Waals surface area contributed by atoms with Crippen molar-refractivity contribution in [2.24, 2.45) is 5.73 Å². The van der Waals surface area contributed by atoms with E-state index in [1.807, 2.05) is 36.6 Å². The van der Waals surface area contributed by atoms with Gasteiger partial charge in [0.05, 0.1) is 5.69 Å². The number of rotatable bonds is 4. The largest absolute Gasteiger partial charge is 0.327 e. The Morgan fingerprint density at radius 1 is 1.45 bits per heavy atom. The van der Waals surface area contributed by atoms with Gasteiger partial charge in [0.2, 0.25) is 5.91 Å². The zero-order valence-corrected chi connectivity index (χ0v) is 13.1. The van der Waals surface area contributed by atoms with Gasteiger partial charge in [0.1, 0.15) is 0 Å². The predicted octanol–water partition coefficient (Wildman–Crippen LogP) is 3.22. The van der Waals surface area contributed by atoms with Crippen LogP contribution in [0, 0.1) is 6.92 Å². The van der Waals surface area contributed by atoms with Crippen LogP contribution in [0.2, 0.25) is 0 Å². The number of aryl methyl sites for hydroxylation is 1. The quantitative estimate of drug-likeness (QED) is 0.911. The van der Waals surface area contributed by atoms with Gasteiger partial charge in [-0.1, -0.05) is 24.3 Å². The highest BCUT2D eigenvalue weighted by atomic mass is 35.5. The molecule has 2 aromatic rings. The van der Waals surface area contributed by atoms with Crippen molar-refractivity contribution in [3.8, 4) is 11.3 Å². The molecule has 4 nitrogen and oxygen atoms in total. The molecule has 20 heavy (non-hydrogen) atoms. The standard InChI is InChI=1S/C14H17N3OS.ClH/c1-9-5-3-4-6-11(9)12-8-19-14(16-12)17-13(18)7-10(2)15;/h3-6,8,10H,7,15H2,1-2H3,(H,16,17,18);1H. The summed E-state index contributed by atoms with van der Waals surface area (Å²) in [5, 5.41) is 5.33. The number of thiazole rings is 1. The molecule has 0 saturated heterocycles. The maximum Gasteiger partial charge on any atom is 0.227 e. The third-order valence-electron chi connectivity index (χ3n) is 2.68. The zero-order valence-electron chi connectivity index (χ0n) is 11.4. The lowest BCUT2D eigenvalue weighted by Gasteiger charge is -2.04. The molecule has 0 spiro atoms. The highest BCUT2D eigenvalue weighted by Crippen LogP contribution is 2.27. The summed E-state index contributed by atoms with van der Waals surface area (Å²) in [6, 6.07) is 7.91. The molecule has 0 aliphatic carbocycles. The first kappa shape index (κ1) is 16.6. The molecule has 0 bridgehead atoms. The smallest absolute Gasteiger partial charge is 0.227 e. The van der Waals surface area contributed by atoms with Gasteiger partial charge in [-0.25, -0.2) is 4.98 Å². The van der Waals surface area contributed by atoms with E-state index in [0.29, 0.717) is 11.6 Å². The van der Waals surface area contributed by atoms with Crippen molar-refractivity contribution in [2.75, 3.05) is 5.32 Å². The molecule has 6 heteroatoms. The average Bonchev–Trinajstić information content (AvgIpc) is 2.76. The van der Waals surface area contributed by atoms with Gasteiger partial charge >= 0.3 is 0 Å². The molecule has 108 valence electrons. The van der Waals surface area contributed by atoms with Gasteiger partial charge in [-0.05, 0) is 19.4 Å². The number of aromatic nitrogens is 1. The zero-order chi connectivity index (χ0) is 13.8. The summed E-state index contributed by atoms with van der Waals surface area (Å²) in [6.07, 6.45) is 0.305. The first-order valence-corrected chi connectivity index (χ1v) is 7.01. The summed E-state index contributed by atoms with van der Waals surface area (Å²) < 4.78 is 0. The van der Waals surface area contributed by atoms with E-state index in [-0.39, 0.29) is 24.4 Å². The lowest BCUT2D eigenvalue weighted by atomic mass is 10.1. The third-order valence-corrected chi connectivity index (χ3v) is 3.44. The minimum absolute atomic E-state index is 0. The van der Waals surface area contributed by atoms with Gasteiger partial charge in [0.15, 0.2) is 5.13 Å². The molecule has 0 saturated carbocycles. The van der Waals surface area contributed by atoms with E-state index in [0.717, 1.165) is 11.3 Å². The highest BCUT2D eigenvalue weighted by Gasteiger charge is 2.10. The van der Waals surface area contributed by atoms with Crippen molar-refractivity contribution in [2.45, 2.75) is 26.3 Å². The number of nitrogens with one attached hydrogen (secondary N) is 1. The molecule has 3 N–H and O–H groups in total. The number of anilines is 1. The number of nitrogens with zero attached hydrogens (tertiary/aromatic N) is 1. The maximum absolute atomic E-state index is 11.6. The summed E-state index contributed by atoms with van der Waals surface area (Å²) in [6.45, 7) is 3.85. The van der Waals surface area contributed by atoms with Gasteiger partial charge in [-0.3, -0.25) is 4.79 Å². The van der Waals surface area contributed by atoms with Crippen molar-refractivity contribution >= 4 is 34.8 Å². The SMILES string of the molecule is Cc1ccccc1-c1csc(NC(=O)CC(C)N)n1.Cl. The second-order valence-corrected chi connectivity index (χ2v) is 5.44. The van der Waals surface area contributed by atoms with E-state index in [9.17, 15) is 4.79 Å². The monoisotopic (exact) mass is 311 g/mol. The number of amides is 1. The second kappa shape index (κ2) is 7.38. The molecule has 1 heterocycles. The van der Waals surface area contributed by atoms with E-state index in [1.165, 1.54) is 16.9 Å². The van der Waals surface area contributed by atoms with Gasteiger partial charge in [0.25, 0.3) is 0 Å². The van der Waals surface area contributed by atoms with Crippen molar-refractivity contribution in [1.29, 1.82) is 0 Å². The molecular formula is C14H18ClN3OS. The Bertz CT molecular complexity index is 583. The minimum atomic E-state index is -0.143. The maximum atomic E-state index is 11.6. The molecule has 0 radical (unpaired) electrons. The Balaban J connectivity index is 0.00000200. The number of hydrogen-bond donors (Lipinski definition) is 2. The lowest BCUT2D eigenvalue weighted by molar-refractivity contribution is -0.116. The van der Waals surface area contributed by atoms with Crippen LogP contribution in [-0.2, 0) is 4.79 Å². The topological polar surface area (TPSA) is 68.0 Å². The number of carbonyl (C=O) groups is 1. The molecule has 2 rings (SSSR count). The number of nitrogens with two attached hydrogens (primary N) is 1. The summed E-state index contributed by atoms with van der Waals surface area (Å²) >= 11 is 1.42. The van der Waals surface area contributed by atoms with Gasteiger partial charge in [0, 0.05) is 23.4 Å². The normalized spacial score (nSPS) is 11.6. The Morgan fingerprint density at radius 2 is 2.15 bits per heavy atom. The Hall–Kier alpha value is -1.43. The molecule has 0 fully saturated rings. The molecule has 0 aliphatic rings. The fourth-order valence-electron chi connectivity index (χ4n) is 1.78. The van der Waals surface area contributed by atoms with Crippen LogP contribution in [-0.4, -0.2) is 16.9 Å². The Labute approximate surface area is 128 Å². The third kappa shape index (κ3) is 4.30. The van der Waals surface area contributed by atoms with Gasteiger partial charge in [-0.2, -0.15) is 0 Å². The van der Waals surface area contributed by atoms with E-state index >= 15 is 0 Å². The van der Waals surface area contributed by atoms with Crippen molar-refractivity contribution in [3.05, 3.63) is 35.2 Å². The summed E-state index contributed by atoms with van der Waals surface area (Å²) in [5.74, 6) is -0.0966. The summed E-state index contributed by atoms with van der Waals surface area (Å²) in [7, 11) is 0. The highest BCUT2D eigenvalue weighted by molar-refractivity contribution is 7.14. The summed E-state index contributed by atoms with van der Waals surface area (Å²) in [4.78, 5) is 16.0. The second-order valence-electron chi connectivity index (χ2n) is 4.58. The molecule has 1 amide bonds. The molecule has 0 aliphatic heterocycles. The fraction of sp³-hybridized carbons (Fsp3) is 0.286. The van der Waals surface area contributed by atoms with Crippen LogP contribution in [0.1, 0.15) is 18.9 Å². The number of halogens is 1. The van der Waals surface area contributed by atoms with Crippen LogP contribution in [0.15, 0.2) is 29.6 Å². The predicted molar refractivity (Wildman–Crippen MR) is 86.4 cm³/mol. The van der Waals surface area contributed by atoms with E-state index in [2.05, 4.69) is 10.3 Å². The van der Waals surface area contributed by atoms with E-state index in [4.69, 9.17) is 5.73 Å². The molecular weight excluding hydrogens is 294 g/mol. The number of carbonyl (C=O) groups excluding carboxylic acids is 1. The van der Waals surface area contributed by atoms with Gasteiger partial charge in [-0.15, -0.1) is 23.7 Å². The first-order valence-electron chi connectivity index (χ1n) is 6.13. The Morgan fingerprint density at radius 3 is 2.80 bits per heavy atom. The average molecular weight is 312 g/mol. The lowest BCUT2D eigenvalue weighted by Crippen LogP contribution is -2.23. The fourth-order valence-corrected chi connectivity index (χ4v) is 2.50. The van der Waals surface area contributed by atoms with E-state index in [1.54, 1.807) is 6.92 Å². The van der Waals surface area contributed by atoms with Crippen LogP contribution >= 0.6 is 23.7 Å². The van der Waals surface area contributed by atoms with Crippen molar-refractivity contribution in [3.63, 3.8) is 0 Å². The van der Waals surface area contributed by atoms with Crippen molar-refractivity contribution in [1.82, 2.24) is 4.98 Å². The van der Waals surface area contributed by atoms with Crippen LogP contribution in [0.3, 0.4) is 0 Å². The number of hydrogen-bond acceptors (Lipinski definition) is 4. The number of benzene rings is 1. The molecule has 1 unspecified atom stereocenters. The summed E-state index contributed by atoms with van der Waals surface area (Å²) in [5.41, 5.74) is 8.73. The van der Waals surface area contributed by atoms with Crippen LogP contribution < -0.4 is 11.1 Å². The Kier molecular flexibility index (Phi) is 6.13. The first-order chi connectivity index (χ1) is 9.06.